The smallest absolute Gasteiger partial charge is 0.200 e. The maximum Gasteiger partial charge on any atom is 0.200 e. The number of imidazole rings is 1. The van der Waals surface area contributed by atoms with E-state index in [4.69, 9.17) is 10.5 Å². The minimum Gasteiger partial charge on any atom is -0.379 e. The number of nitrogens with two attached hydrogens (primary N) is 1. The van der Waals surface area contributed by atoms with Crippen LogP contribution in [0.3, 0.4) is 0 Å². The molecule has 3 rings (SSSR count). The lowest BCUT2D eigenvalue weighted by Gasteiger charge is -2.48. The Hall–Kier alpha value is -1.07. The van der Waals surface area contributed by atoms with E-state index >= 15 is 0 Å². The highest BCUT2D eigenvalue weighted by Gasteiger charge is 2.39. The first-order valence-electron chi connectivity index (χ1n) is 7.40. The van der Waals surface area contributed by atoms with Crippen molar-refractivity contribution in [2.75, 3.05) is 32.0 Å². The van der Waals surface area contributed by atoms with Gasteiger partial charge in [-0.05, 0) is 12.8 Å². The number of hydrogen-bond acceptors (Lipinski definition) is 4. The third-order valence-electron chi connectivity index (χ3n) is 4.68. The molecule has 0 atom stereocenters. The molecule has 1 saturated carbocycles. The van der Waals surface area contributed by atoms with Gasteiger partial charge in [-0.2, -0.15) is 0 Å². The third kappa shape index (κ3) is 2.62. The zero-order valence-corrected chi connectivity index (χ0v) is 11.6. The molecule has 0 radical (unpaired) electrons. The van der Waals surface area contributed by atoms with Crippen molar-refractivity contribution in [1.29, 1.82) is 0 Å². The fraction of sp³-hybridized carbons (Fsp3) is 0.786. The third-order valence-corrected chi connectivity index (χ3v) is 4.68. The molecule has 1 aliphatic carbocycles. The van der Waals surface area contributed by atoms with E-state index in [0.717, 1.165) is 32.8 Å². The van der Waals surface area contributed by atoms with E-state index in [0.29, 0.717) is 5.95 Å². The molecular formula is C14H24N4O. The lowest BCUT2D eigenvalue weighted by Crippen LogP contribution is -2.56. The van der Waals surface area contributed by atoms with Gasteiger partial charge in [-0.15, -0.1) is 0 Å². The fourth-order valence-corrected chi connectivity index (χ4v) is 3.61. The summed E-state index contributed by atoms with van der Waals surface area (Å²) in [5, 5.41) is 0. The molecule has 1 aromatic heterocycles. The topological polar surface area (TPSA) is 56.3 Å². The number of anilines is 1. The van der Waals surface area contributed by atoms with Crippen molar-refractivity contribution in [1.82, 2.24) is 14.5 Å². The average Bonchev–Trinajstić information content (AvgIpc) is 2.86. The van der Waals surface area contributed by atoms with Crippen molar-refractivity contribution in [2.45, 2.75) is 44.2 Å². The van der Waals surface area contributed by atoms with Crippen molar-refractivity contribution in [2.24, 2.45) is 0 Å². The average molecular weight is 264 g/mol. The Labute approximate surface area is 114 Å². The molecule has 2 N–H and O–H groups in total. The Morgan fingerprint density at radius 3 is 2.58 bits per heavy atom. The first-order valence-corrected chi connectivity index (χ1v) is 7.40. The van der Waals surface area contributed by atoms with Gasteiger partial charge >= 0.3 is 0 Å². The van der Waals surface area contributed by atoms with Crippen LogP contribution in [0, 0.1) is 0 Å². The molecule has 0 spiro atoms. The molecule has 5 heteroatoms. The summed E-state index contributed by atoms with van der Waals surface area (Å²) in [4.78, 5) is 6.79. The Morgan fingerprint density at radius 1 is 1.21 bits per heavy atom. The van der Waals surface area contributed by atoms with Gasteiger partial charge in [0.15, 0.2) is 5.95 Å². The Bertz CT molecular complexity index is 405. The summed E-state index contributed by atoms with van der Waals surface area (Å²) in [6.45, 7) is 4.80. The van der Waals surface area contributed by atoms with Crippen molar-refractivity contribution in [3.8, 4) is 0 Å². The maximum absolute atomic E-state index is 5.95. The van der Waals surface area contributed by atoms with Gasteiger partial charge in [0.25, 0.3) is 0 Å². The molecule has 19 heavy (non-hydrogen) atoms. The highest BCUT2D eigenvalue weighted by atomic mass is 16.5. The second-order valence-electron chi connectivity index (χ2n) is 5.80. The van der Waals surface area contributed by atoms with E-state index in [2.05, 4.69) is 14.5 Å². The predicted octanol–water partition coefficient (Wildman–Crippen LogP) is 1.50. The maximum atomic E-state index is 5.95. The first-order chi connectivity index (χ1) is 9.30. The molecule has 2 heterocycles. The summed E-state index contributed by atoms with van der Waals surface area (Å²) < 4.78 is 7.62. The molecule has 106 valence electrons. The number of rotatable bonds is 3. The fourth-order valence-electron chi connectivity index (χ4n) is 3.61. The molecule has 1 saturated heterocycles. The lowest BCUT2D eigenvalue weighted by atomic mass is 9.79. The van der Waals surface area contributed by atoms with Crippen LogP contribution < -0.4 is 5.73 Å². The van der Waals surface area contributed by atoms with Gasteiger partial charge in [0.2, 0.25) is 0 Å². The summed E-state index contributed by atoms with van der Waals surface area (Å²) in [5.41, 5.74) is 6.22. The van der Waals surface area contributed by atoms with E-state index in [1.54, 1.807) is 6.20 Å². The van der Waals surface area contributed by atoms with Crippen LogP contribution in [-0.4, -0.2) is 46.3 Å². The van der Waals surface area contributed by atoms with Crippen LogP contribution in [0.4, 0.5) is 5.95 Å². The molecule has 5 nitrogen and oxygen atoms in total. The van der Waals surface area contributed by atoms with Crippen molar-refractivity contribution in [3.63, 3.8) is 0 Å². The summed E-state index contributed by atoms with van der Waals surface area (Å²) in [6.07, 6.45) is 10.4. The van der Waals surface area contributed by atoms with Crippen LogP contribution in [-0.2, 0) is 11.3 Å². The minimum absolute atomic E-state index is 0.261. The number of morpholine rings is 1. The van der Waals surface area contributed by atoms with Gasteiger partial charge in [-0.1, -0.05) is 19.3 Å². The van der Waals surface area contributed by atoms with E-state index < -0.39 is 0 Å². The minimum atomic E-state index is 0.261. The summed E-state index contributed by atoms with van der Waals surface area (Å²) in [7, 11) is 0. The largest absolute Gasteiger partial charge is 0.379 e. The normalized spacial score (nSPS) is 24.4. The van der Waals surface area contributed by atoms with E-state index in [1.165, 1.54) is 32.1 Å². The van der Waals surface area contributed by atoms with Crippen molar-refractivity contribution >= 4 is 5.95 Å². The molecule has 1 aromatic rings. The standard InChI is InChI=1S/C14H24N4O/c15-13-16-6-7-17(13)12-14(4-2-1-3-5-14)18-8-10-19-11-9-18/h6-7H,1-5,8-12H2,(H2,15,16). The molecular weight excluding hydrogens is 240 g/mol. The first kappa shape index (κ1) is 12.9. The van der Waals surface area contributed by atoms with Crippen LogP contribution in [0.25, 0.3) is 0 Å². The van der Waals surface area contributed by atoms with E-state index in [-0.39, 0.29) is 5.54 Å². The van der Waals surface area contributed by atoms with E-state index in [1.807, 2.05) is 6.20 Å². The molecule has 0 aromatic carbocycles. The number of nitrogens with zero attached hydrogens (tertiary/aromatic N) is 3. The Morgan fingerprint density at radius 2 is 1.95 bits per heavy atom. The quantitative estimate of drug-likeness (QED) is 0.899. The zero-order valence-electron chi connectivity index (χ0n) is 11.6. The van der Waals surface area contributed by atoms with E-state index in [9.17, 15) is 0 Å². The van der Waals surface area contributed by atoms with Crippen molar-refractivity contribution < 1.29 is 4.74 Å². The number of aromatic nitrogens is 2. The van der Waals surface area contributed by atoms with Gasteiger partial charge < -0.3 is 15.0 Å². The van der Waals surface area contributed by atoms with Gasteiger partial charge in [0.05, 0.1) is 13.2 Å². The SMILES string of the molecule is Nc1nccn1CC1(N2CCOCC2)CCCCC1. The molecule has 0 unspecified atom stereocenters. The number of hydrogen-bond donors (Lipinski definition) is 1. The van der Waals surface area contributed by atoms with Crippen molar-refractivity contribution in [3.05, 3.63) is 12.4 Å². The highest BCUT2D eigenvalue weighted by molar-refractivity contribution is 5.17. The molecule has 0 amide bonds. The van der Waals surface area contributed by atoms with Gasteiger partial charge in [0.1, 0.15) is 0 Å². The zero-order chi connectivity index (χ0) is 13.1. The van der Waals surface area contributed by atoms with Crippen LogP contribution in [0.5, 0.6) is 0 Å². The van der Waals surface area contributed by atoms with Gasteiger partial charge in [-0.25, -0.2) is 4.98 Å². The number of nitrogen functional groups attached to an aromatic ring is 1. The summed E-state index contributed by atoms with van der Waals surface area (Å²) >= 11 is 0. The summed E-state index contributed by atoms with van der Waals surface area (Å²) in [6, 6.07) is 0. The predicted molar refractivity (Wildman–Crippen MR) is 74.8 cm³/mol. The van der Waals surface area contributed by atoms with Crippen LogP contribution in [0.1, 0.15) is 32.1 Å². The van der Waals surface area contributed by atoms with Crippen LogP contribution in [0.15, 0.2) is 12.4 Å². The Kier molecular flexibility index (Phi) is 3.75. The molecule has 1 aliphatic heterocycles. The van der Waals surface area contributed by atoms with Crippen LogP contribution >= 0.6 is 0 Å². The second-order valence-corrected chi connectivity index (χ2v) is 5.80. The molecule has 2 aliphatic rings. The lowest BCUT2D eigenvalue weighted by molar-refractivity contribution is -0.0444. The Balaban J connectivity index is 1.81. The second kappa shape index (κ2) is 5.51. The molecule has 2 fully saturated rings. The highest BCUT2D eigenvalue weighted by Crippen LogP contribution is 2.36. The van der Waals surface area contributed by atoms with Gasteiger partial charge in [0, 0.05) is 37.6 Å². The van der Waals surface area contributed by atoms with Gasteiger partial charge in [-0.3, -0.25) is 4.90 Å². The monoisotopic (exact) mass is 264 g/mol. The molecule has 0 bridgehead atoms. The van der Waals surface area contributed by atoms with Crippen LogP contribution in [0.2, 0.25) is 0 Å². The summed E-state index contributed by atoms with van der Waals surface area (Å²) in [5.74, 6) is 0.637. The number of ether oxygens (including phenoxy) is 1.